The van der Waals surface area contributed by atoms with Gasteiger partial charge in [-0.2, -0.15) is 5.01 Å². The van der Waals surface area contributed by atoms with Crippen LogP contribution < -0.4 is 10.2 Å². The van der Waals surface area contributed by atoms with Crippen molar-refractivity contribution in [1.29, 1.82) is 0 Å². The van der Waals surface area contributed by atoms with Gasteiger partial charge in [-0.05, 0) is 142 Å². The van der Waals surface area contributed by atoms with Crippen molar-refractivity contribution in [3.8, 4) is 5.75 Å². The van der Waals surface area contributed by atoms with E-state index in [9.17, 15) is 14.0 Å². The number of hydrogen-bond donors (Lipinski definition) is 1. The largest absolute Gasteiger partial charge is 0.487 e. The first-order valence-electron chi connectivity index (χ1n) is 12.6. The molecule has 7 rings (SSSR count). The summed E-state index contributed by atoms with van der Waals surface area (Å²) in [5, 5.41) is 1.25. The van der Waals surface area contributed by atoms with Gasteiger partial charge in [-0.3, -0.25) is 15.0 Å². The third-order valence-electron chi connectivity index (χ3n) is 8.14. The van der Waals surface area contributed by atoms with Crippen molar-refractivity contribution in [2.75, 3.05) is 0 Å². The van der Waals surface area contributed by atoms with Crippen LogP contribution in [0.25, 0.3) is 6.08 Å². The molecule has 2 amide bonds. The van der Waals surface area contributed by atoms with E-state index in [1.165, 1.54) is 48.2 Å². The van der Waals surface area contributed by atoms with Crippen LogP contribution in [0.15, 0.2) is 50.2 Å². The third kappa shape index (κ3) is 5.09. The number of thiocarbonyl (C=S) groups is 1. The Hall–Kier alpha value is -1.75. The molecule has 1 heterocycles. The highest BCUT2D eigenvalue weighted by molar-refractivity contribution is 9.11. The van der Waals surface area contributed by atoms with Crippen molar-refractivity contribution < 1.29 is 18.7 Å². The highest BCUT2D eigenvalue weighted by Crippen LogP contribution is 2.60. The molecule has 1 saturated heterocycles. The van der Waals surface area contributed by atoms with Crippen LogP contribution in [0.1, 0.15) is 49.7 Å². The van der Waals surface area contributed by atoms with E-state index in [2.05, 4.69) is 37.3 Å². The van der Waals surface area contributed by atoms with E-state index >= 15 is 0 Å². The van der Waals surface area contributed by atoms with Crippen molar-refractivity contribution in [2.24, 2.45) is 23.2 Å². The summed E-state index contributed by atoms with van der Waals surface area (Å²) >= 11 is 13.8. The molecule has 10 heteroatoms. The lowest BCUT2D eigenvalue weighted by Crippen LogP contribution is -2.57. The second-order valence-electron chi connectivity index (χ2n) is 10.9. The minimum atomic E-state index is -0.360. The van der Waals surface area contributed by atoms with Crippen molar-refractivity contribution in [2.45, 2.75) is 45.1 Å². The van der Waals surface area contributed by atoms with E-state index < -0.39 is 0 Å². The van der Waals surface area contributed by atoms with Gasteiger partial charge in [-0.25, -0.2) is 4.39 Å². The van der Waals surface area contributed by atoms with Gasteiger partial charge in [0, 0.05) is 0 Å². The van der Waals surface area contributed by atoms with Crippen LogP contribution in [0, 0.1) is 29.0 Å². The minimum absolute atomic E-state index is 0.0534. The summed E-state index contributed by atoms with van der Waals surface area (Å²) in [5.41, 5.74) is 4.15. The molecule has 2 aromatic carbocycles. The number of carbonyl (C=O) groups excluding carboxylic acids is 2. The number of benzene rings is 2. The molecule has 4 bridgehead atoms. The average molecular weight is 680 g/mol. The van der Waals surface area contributed by atoms with Crippen molar-refractivity contribution in [3.05, 3.63) is 67.2 Å². The first-order chi connectivity index (χ1) is 18.2. The normalized spacial score (nSPS) is 28.9. The molecule has 0 aromatic heterocycles. The van der Waals surface area contributed by atoms with Crippen LogP contribution in [-0.4, -0.2) is 21.1 Å². The SMILES string of the molecule is O=C1/C(=C\c2cc(Br)c(OCc3ccc(F)cc3)c(Br)c2)SC(=S)N1NC(=O)C12CC3CC(CC(C3)C1)C2. The number of hydrazine groups is 1. The lowest BCUT2D eigenvalue weighted by Gasteiger charge is -2.55. The van der Waals surface area contributed by atoms with Gasteiger partial charge in [-0.1, -0.05) is 23.9 Å². The summed E-state index contributed by atoms with van der Waals surface area (Å²) in [4.78, 5) is 27.2. The van der Waals surface area contributed by atoms with Gasteiger partial charge >= 0.3 is 0 Å². The standard InChI is InChI=1S/C28H25Br2FN2O3S2/c29-21-8-16(9-22(30)24(21)36-14-15-1-3-20(31)4-2-15)10-23-25(34)33(27(37)38-23)32-26(35)28-11-17-5-18(12-28)7-19(6-17)13-28/h1-4,8-10,17-19H,5-7,11-14H2,(H,32,35)/b23-10+. The predicted octanol–water partition coefficient (Wildman–Crippen LogP) is 7.38. The number of nitrogens with zero attached hydrogens (tertiary/aromatic N) is 1. The zero-order valence-electron chi connectivity index (χ0n) is 20.3. The van der Waals surface area contributed by atoms with E-state index in [4.69, 9.17) is 17.0 Å². The Balaban J connectivity index is 1.14. The Morgan fingerprint density at radius 1 is 1.11 bits per heavy atom. The molecule has 4 saturated carbocycles. The Bertz CT molecular complexity index is 1310. The smallest absolute Gasteiger partial charge is 0.285 e. The first kappa shape index (κ1) is 26.5. The van der Waals surface area contributed by atoms with Crippen molar-refractivity contribution in [3.63, 3.8) is 0 Å². The summed E-state index contributed by atoms with van der Waals surface area (Å²) in [5.74, 6) is 1.84. The van der Waals surface area contributed by atoms with E-state index in [0.29, 0.717) is 41.7 Å². The number of carbonyl (C=O) groups is 2. The number of amides is 2. The third-order valence-corrected chi connectivity index (χ3v) is 10.6. The summed E-state index contributed by atoms with van der Waals surface area (Å²) in [6.45, 7) is 0.277. The number of nitrogens with one attached hydrogen (secondary N) is 1. The molecule has 5 aliphatic rings. The zero-order chi connectivity index (χ0) is 26.6. The van der Waals surface area contributed by atoms with Crippen LogP contribution in [0.4, 0.5) is 4.39 Å². The van der Waals surface area contributed by atoms with Crippen molar-refractivity contribution >= 4 is 78.1 Å². The van der Waals surface area contributed by atoms with E-state index in [1.807, 2.05) is 12.1 Å². The number of hydrogen-bond acceptors (Lipinski definition) is 5. The van der Waals surface area contributed by atoms with Gasteiger partial charge in [0.15, 0.2) is 4.32 Å². The predicted molar refractivity (Wildman–Crippen MR) is 156 cm³/mol. The number of halogens is 3. The van der Waals surface area contributed by atoms with Gasteiger partial charge in [0.2, 0.25) is 5.91 Å². The highest BCUT2D eigenvalue weighted by Gasteiger charge is 2.55. The zero-order valence-corrected chi connectivity index (χ0v) is 25.2. The molecule has 198 valence electrons. The second-order valence-corrected chi connectivity index (χ2v) is 14.3. The molecule has 5 nitrogen and oxygen atoms in total. The fraction of sp³-hybridized carbons (Fsp3) is 0.393. The van der Waals surface area contributed by atoms with Gasteiger partial charge < -0.3 is 4.74 Å². The van der Waals surface area contributed by atoms with Gasteiger partial charge in [0.25, 0.3) is 5.91 Å². The van der Waals surface area contributed by atoms with E-state index in [1.54, 1.807) is 18.2 Å². The fourth-order valence-corrected chi connectivity index (χ4v) is 9.49. The monoisotopic (exact) mass is 678 g/mol. The van der Waals surface area contributed by atoms with Gasteiger partial charge in [-0.15, -0.1) is 0 Å². The summed E-state index contributed by atoms with van der Waals surface area (Å²) in [6, 6.07) is 9.85. The Labute approximate surface area is 247 Å². The molecule has 5 fully saturated rings. The molecule has 0 spiro atoms. The quantitative estimate of drug-likeness (QED) is 0.255. The topological polar surface area (TPSA) is 58.6 Å². The maximum atomic E-state index is 13.5. The van der Waals surface area contributed by atoms with Crippen LogP contribution in [0.3, 0.4) is 0 Å². The molecule has 0 unspecified atom stereocenters. The molecule has 1 N–H and O–H groups in total. The lowest BCUT2D eigenvalue weighted by molar-refractivity contribution is -0.152. The van der Waals surface area contributed by atoms with E-state index in [0.717, 1.165) is 30.4 Å². The Morgan fingerprint density at radius 2 is 1.68 bits per heavy atom. The molecule has 1 aliphatic heterocycles. The highest BCUT2D eigenvalue weighted by atomic mass is 79.9. The molecular weight excluding hydrogens is 655 g/mol. The maximum Gasteiger partial charge on any atom is 0.285 e. The number of thioether (sulfide) groups is 1. The van der Waals surface area contributed by atoms with Gasteiger partial charge in [0.1, 0.15) is 18.2 Å². The fourth-order valence-electron chi connectivity index (χ4n) is 6.86. The first-order valence-corrected chi connectivity index (χ1v) is 15.5. The molecule has 2 aromatic rings. The summed E-state index contributed by atoms with van der Waals surface area (Å²) < 4.78 is 20.8. The Kier molecular flexibility index (Phi) is 7.20. The van der Waals surface area contributed by atoms with Crippen LogP contribution in [-0.2, 0) is 16.2 Å². The maximum absolute atomic E-state index is 13.5. The molecule has 4 aliphatic carbocycles. The van der Waals surface area contributed by atoms with E-state index in [-0.39, 0.29) is 29.7 Å². The van der Waals surface area contributed by atoms with Crippen molar-refractivity contribution in [1.82, 2.24) is 10.4 Å². The van der Waals surface area contributed by atoms with Crippen LogP contribution in [0.5, 0.6) is 5.75 Å². The summed E-state index contributed by atoms with van der Waals surface area (Å²) in [6.07, 6.45) is 8.27. The molecule has 0 atom stereocenters. The van der Waals surface area contributed by atoms with Crippen LogP contribution in [0.2, 0.25) is 0 Å². The molecular formula is C28H25Br2FN2O3S2. The minimum Gasteiger partial charge on any atom is -0.487 e. The van der Waals surface area contributed by atoms with Crippen LogP contribution >= 0.6 is 55.8 Å². The lowest BCUT2D eigenvalue weighted by atomic mass is 9.49. The summed E-state index contributed by atoms with van der Waals surface area (Å²) in [7, 11) is 0. The Morgan fingerprint density at radius 3 is 2.26 bits per heavy atom. The number of ether oxygens (including phenoxy) is 1. The average Bonchev–Trinajstić information content (AvgIpc) is 3.11. The second kappa shape index (κ2) is 10.3. The molecule has 38 heavy (non-hydrogen) atoms. The molecule has 0 radical (unpaired) electrons. The van der Waals surface area contributed by atoms with Gasteiger partial charge in [0.05, 0.1) is 19.3 Å². The number of rotatable bonds is 6.